The standard InChI is InChI=1S/C35H37ClN6O4/c1-24(8-5-6-16-40-22-31(38-39-40)29(23-43)26-10-3-2-4-11-26)35(46)30-19-27(36)13-14-32(30)42(34(35)45)21-25-9-7-12-28(18-25)41-17-15-37-20-33(41)44/h2-5,7-14,18-19,22,24,29,37,43,46H,6,15-17,20-21,23H2,1H3/b8-5+/t24-,29?,35+/m1/s1. The summed E-state index contributed by atoms with van der Waals surface area (Å²) in [6.07, 6.45) is 6.21. The summed E-state index contributed by atoms with van der Waals surface area (Å²) < 4.78 is 1.73. The topological polar surface area (TPSA) is 124 Å². The first-order valence-corrected chi connectivity index (χ1v) is 15.8. The third-order valence-corrected chi connectivity index (χ3v) is 9.03. The van der Waals surface area contributed by atoms with Crippen molar-refractivity contribution >= 4 is 34.8 Å². The monoisotopic (exact) mass is 640 g/mol. The molecule has 1 saturated heterocycles. The maximum atomic E-state index is 14.0. The molecule has 0 spiro atoms. The van der Waals surface area contributed by atoms with Gasteiger partial charge in [-0.25, -0.2) is 0 Å². The number of benzene rings is 3. The van der Waals surface area contributed by atoms with Crippen LogP contribution in [0.1, 0.15) is 41.6 Å². The first-order valence-electron chi connectivity index (χ1n) is 15.5. The number of nitrogens with zero attached hydrogens (tertiary/aromatic N) is 5. The summed E-state index contributed by atoms with van der Waals surface area (Å²) >= 11 is 6.37. The van der Waals surface area contributed by atoms with Gasteiger partial charge in [-0.05, 0) is 47.9 Å². The molecule has 0 radical (unpaired) electrons. The predicted molar refractivity (Wildman–Crippen MR) is 177 cm³/mol. The first kappa shape index (κ1) is 31.6. The minimum Gasteiger partial charge on any atom is -0.395 e. The summed E-state index contributed by atoms with van der Waals surface area (Å²) in [6, 6.07) is 22.5. The van der Waals surface area contributed by atoms with E-state index in [1.54, 1.807) is 32.7 Å². The van der Waals surface area contributed by atoms with Crippen LogP contribution in [0.15, 0.2) is 91.1 Å². The summed E-state index contributed by atoms with van der Waals surface area (Å²) in [4.78, 5) is 29.8. The number of rotatable bonds is 11. The lowest BCUT2D eigenvalue weighted by Crippen LogP contribution is -2.48. The molecule has 4 aromatic rings. The van der Waals surface area contributed by atoms with E-state index in [0.29, 0.717) is 54.6 Å². The number of hydrogen-bond acceptors (Lipinski definition) is 7. The van der Waals surface area contributed by atoms with Crippen molar-refractivity contribution in [2.24, 2.45) is 5.92 Å². The molecule has 1 unspecified atom stereocenters. The number of carbonyl (C=O) groups excluding carboxylic acids is 2. The number of piperazine rings is 1. The van der Waals surface area contributed by atoms with Crippen LogP contribution < -0.4 is 15.1 Å². The van der Waals surface area contributed by atoms with E-state index in [9.17, 15) is 19.8 Å². The number of aliphatic hydroxyl groups is 2. The number of nitrogens with one attached hydrogen (secondary N) is 1. The van der Waals surface area contributed by atoms with Gasteiger partial charge in [0.1, 0.15) is 0 Å². The first-order chi connectivity index (χ1) is 22.3. The lowest BCUT2D eigenvalue weighted by atomic mass is 9.83. The fourth-order valence-electron chi connectivity index (χ4n) is 6.24. The Bertz CT molecular complexity index is 1740. The summed E-state index contributed by atoms with van der Waals surface area (Å²) in [5, 5.41) is 34.0. The summed E-state index contributed by atoms with van der Waals surface area (Å²) in [5.74, 6) is -1.24. The second kappa shape index (κ2) is 13.6. The molecule has 0 saturated carbocycles. The molecule has 10 nitrogen and oxygen atoms in total. The van der Waals surface area contributed by atoms with Crippen LogP contribution >= 0.6 is 11.6 Å². The average molecular weight is 641 g/mol. The highest BCUT2D eigenvalue weighted by Crippen LogP contribution is 2.46. The summed E-state index contributed by atoms with van der Waals surface area (Å²) in [5.41, 5.74) is 2.54. The van der Waals surface area contributed by atoms with E-state index < -0.39 is 17.4 Å². The summed E-state index contributed by atoms with van der Waals surface area (Å²) in [6.45, 7) is 4.09. The van der Waals surface area contributed by atoms with E-state index in [0.717, 1.165) is 16.8 Å². The molecule has 3 heterocycles. The third-order valence-electron chi connectivity index (χ3n) is 8.79. The molecule has 0 bridgehead atoms. The second-order valence-corrected chi connectivity index (χ2v) is 12.2. The van der Waals surface area contributed by atoms with Gasteiger partial charge in [0.2, 0.25) is 5.91 Å². The lowest BCUT2D eigenvalue weighted by Gasteiger charge is -2.29. The van der Waals surface area contributed by atoms with E-state index in [1.165, 1.54) is 0 Å². The molecule has 0 aliphatic carbocycles. The molecule has 238 valence electrons. The number of allylic oxidation sites excluding steroid dienone is 1. The smallest absolute Gasteiger partial charge is 0.264 e. The van der Waals surface area contributed by atoms with Crippen molar-refractivity contribution in [3.63, 3.8) is 0 Å². The van der Waals surface area contributed by atoms with Gasteiger partial charge < -0.3 is 25.3 Å². The normalized spacial score (nSPS) is 19.6. The van der Waals surface area contributed by atoms with Crippen molar-refractivity contribution in [3.8, 4) is 0 Å². The van der Waals surface area contributed by atoms with Crippen molar-refractivity contribution < 1.29 is 19.8 Å². The fraction of sp³-hybridized carbons (Fsp3) is 0.314. The predicted octanol–water partition coefficient (Wildman–Crippen LogP) is 4.01. The van der Waals surface area contributed by atoms with Gasteiger partial charge in [0.05, 0.1) is 37.0 Å². The number of aryl methyl sites for hydroxylation is 1. The molecule has 6 rings (SSSR count). The molecular weight excluding hydrogens is 604 g/mol. The van der Waals surface area contributed by atoms with E-state index in [2.05, 4.69) is 15.6 Å². The number of aromatic nitrogens is 3. The van der Waals surface area contributed by atoms with Crippen LogP contribution in [-0.2, 0) is 28.3 Å². The van der Waals surface area contributed by atoms with Gasteiger partial charge in [-0.15, -0.1) is 5.10 Å². The van der Waals surface area contributed by atoms with Crippen LogP contribution in [0.3, 0.4) is 0 Å². The number of amides is 2. The van der Waals surface area contributed by atoms with Crippen molar-refractivity contribution in [2.75, 3.05) is 36.0 Å². The highest BCUT2D eigenvalue weighted by atomic mass is 35.5. The van der Waals surface area contributed by atoms with Crippen molar-refractivity contribution in [1.29, 1.82) is 0 Å². The van der Waals surface area contributed by atoms with Gasteiger partial charge in [0, 0.05) is 48.0 Å². The Morgan fingerprint density at radius 1 is 1.09 bits per heavy atom. The Kier molecular flexibility index (Phi) is 9.32. The van der Waals surface area contributed by atoms with Crippen LogP contribution in [0.25, 0.3) is 0 Å². The van der Waals surface area contributed by atoms with Gasteiger partial charge in [-0.1, -0.05) is 78.4 Å². The van der Waals surface area contributed by atoms with Gasteiger partial charge in [-0.3, -0.25) is 14.3 Å². The maximum Gasteiger partial charge on any atom is 0.264 e. The highest BCUT2D eigenvalue weighted by Gasteiger charge is 2.52. The minimum absolute atomic E-state index is 0.00132. The van der Waals surface area contributed by atoms with Crippen molar-refractivity contribution in [3.05, 3.63) is 119 Å². The molecule has 1 aromatic heterocycles. The Labute approximate surface area is 272 Å². The second-order valence-electron chi connectivity index (χ2n) is 11.8. The van der Waals surface area contributed by atoms with Crippen LogP contribution in [0.5, 0.6) is 0 Å². The number of hydrogen-bond donors (Lipinski definition) is 3. The number of carbonyl (C=O) groups is 2. The Hall–Kier alpha value is -4.35. The van der Waals surface area contributed by atoms with Gasteiger partial charge >= 0.3 is 0 Å². The molecule has 2 aliphatic heterocycles. The Balaban J connectivity index is 1.16. The van der Waals surface area contributed by atoms with Crippen molar-refractivity contribution in [2.45, 2.75) is 38.0 Å². The van der Waals surface area contributed by atoms with E-state index >= 15 is 0 Å². The zero-order chi connectivity index (χ0) is 32.3. The van der Waals surface area contributed by atoms with Crippen LogP contribution in [-0.4, -0.2) is 63.3 Å². The molecule has 3 aromatic carbocycles. The zero-order valence-corrected chi connectivity index (χ0v) is 26.3. The van der Waals surface area contributed by atoms with Crippen LogP contribution in [0, 0.1) is 5.92 Å². The molecule has 3 N–H and O–H groups in total. The number of halogens is 1. The number of fused-ring (bicyclic) bond motifs is 1. The quantitative estimate of drug-likeness (QED) is 0.212. The van der Waals surface area contributed by atoms with E-state index in [1.807, 2.05) is 79.9 Å². The molecule has 11 heteroatoms. The number of anilines is 2. The Morgan fingerprint density at radius 3 is 2.70 bits per heavy atom. The number of aliphatic hydroxyl groups excluding tert-OH is 1. The zero-order valence-electron chi connectivity index (χ0n) is 25.6. The molecular formula is C35H37ClN6O4. The molecule has 2 aliphatic rings. The highest BCUT2D eigenvalue weighted by molar-refractivity contribution is 6.31. The van der Waals surface area contributed by atoms with E-state index in [4.69, 9.17) is 11.6 Å². The molecule has 46 heavy (non-hydrogen) atoms. The summed E-state index contributed by atoms with van der Waals surface area (Å²) in [7, 11) is 0. The third kappa shape index (κ3) is 6.21. The molecule has 2 amide bonds. The lowest BCUT2D eigenvalue weighted by molar-refractivity contribution is -0.139. The Morgan fingerprint density at radius 2 is 1.91 bits per heavy atom. The van der Waals surface area contributed by atoms with Crippen LogP contribution in [0.2, 0.25) is 5.02 Å². The largest absolute Gasteiger partial charge is 0.395 e. The minimum atomic E-state index is -1.81. The van der Waals surface area contributed by atoms with Gasteiger partial charge in [-0.2, -0.15) is 0 Å². The van der Waals surface area contributed by atoms with E-state index in [-0.39, 0.29) is 25.0 Å². The van der Waals surface area contributed by atoms with Crippen molar-refractivity contribution in [1.82, 2.24) is 20.3 Å². The average Bonchev–Trinajstić information content (AvgIpc) is 3.61. The SMILES string of the molecule is C[C@H](/C=C/CCn1cc(C(CO)c2ccccc2)nn1)[C@@]1(O)C(=O)N(Cc2cccc(N3CCNCC3=O)c2)c2ccc(Cl)cc21. The molecule has 3 atom stereocenters. The molecule has 1 fully saturated rings. The fourth-order valence-corrected chi connectivity index (χ4v) is 6.42. The van der Waals surface area contributed by atoms with Gasteiger partial charge in [0.15, 0.2) is 5.60 Å². The van der Waals surface area contributed by atoms with Gasteiger partial charge in [0.25, 0.3) is 5.91 Å². The maximum absolute atomic E-state index is 14.0. The van der Waals surface area contributed by atoms with Crippen LogP contribution in [0.4, 0.5) is 11.4 Å².